The lowest BCUT2D eigenvalue weighted by molar-refractivity contribution is -0.217. The number of aliphatic carboxylic acids is 1. The van der Waals surface area contributed by atoms with E-state index in [0.29, 0.717) is 25.2 Å². The molecule has 4 saturated carbocycles. The highest BCUT2D eigenvalue weighted by Crippen LogP contribution is 2.75. The average molecular weight is 487 g/mol. The molecule has 10 atom stereocenters. The van der Waals surface area contributed by atoms with Crippen LogP contribution in [0.25, 0.3) is 0 Å². The first-order valence-electron chi connectivity index (χ1n) is 13.9. The van der Waals surface area contributed by atoms with Crippen LogP contribution in [0, 0.1) is 50.2 Å². The molecule has 0 unspecified atom stereocenters. The Morgan fingerprint density at radius 2 is 1.60 bits per heavy atom. The second-order valence-electron chi connectivity index (χ2n) is 14.8. The minimum atomic E-state index is -1.09. The highest BCUT2D eigenvalue weighted by molar-refractivity contribution is 5.77. The zero-order chi connectivity index (χ0) is 25.8. The molecule has 0 radical (unpaired) electrons. The Labute approximate surface area is 210 Å². The molecule has 3 N–H and O–H groups in total. The largest absolute Gasteiger partial charge is 0.481 e. The molecule has 196 valence electrons. The van der Waals surface area contributed by atoms with Gasteiger partial charge in [-0.15, -0.1) is 0 Å². The van der Waals surface area contributed by atoms with Crippen molar-refractivity contribution in [3.8, 4) is 0 Å². The topological polar surface area (TPSA) is 94.8 Å². The molecule has 0 aromatic heterocycles. The molecule has 35 heavy (non-hydrogen) atoms. The van der Waals surface area contributed by atoms with Crippen LogP contribution in [0.2, 0.25) is 0 Å². The summed E-state index contributed by atoms with van der Waals surface area (Å²) in [6.45, 7) is 13.5. The van der Waals surface area contributed by atoms with Crippen LogP contribution in [0.3, 0.4) is 0 Å². The maximum absolute atomic E-state index is 12.8. The van der Waals surface area contributed by atoms with Gasteiger partial charge in [-0.05, 0) is 97.2 Å². The molecule has 0 amide bonds. The first kappa shape index (κ1) is 25.4. The summed E-state index contributed by atoms with van der Waals surface area (Å²) in [4.78, 5) is 25.1. The number of carbonyl (C=O) groups is 2. The van der Waals surface area contributed by atoms with Gasteiger partial charge in [-0.2, -0.15) is 0 Å². The zero-order valence-electron chi connectivity index (χ0n) is 22.6. The molecule has 5 aliphatic rings. The summed E-state index contributed by atoms with van der Waals surface area (Å²) in [5.41, 5.74) is -0.934. The van der Waals surface area contributed by atoms with E-state index in [9.17, 15) is 24.9 Å². The van der Waals surface area contributed by atoms with Gasteiger partial charge in [0.05, 0.1) is 17.6 Å². The monoisotopic (exact) mass is 486 g/mol. The second kappa shape index (κ2) is 7.43. The third-order valence-electron chi connectivity index (χ3n) is 13.0. The van der Waals surface area contributed by atoms with Gasteiger partial charge < -0.3 is 20.1 Å². The molecule has 0 spiro atoms. The van der Waals surface area contributed by atoms with E-state index in [0.717, 1.165) is 44.8 Å². The number of carboxylic acid groups (broad SMARTS) is 1. The minimum Gasteiger partial charge on any atom is -0.481 e. The third kappa shape index (κ3) is 2.94. The van der Waals surface area contributed by atoms with Crippen molar-refractivity contribution in [2.45, 2.75) is 112 Å². The van der Waals surface area contributed by atoms with E-state index in [1.54, 1.807) is 0 Å². The van der Waals surface area contributed by atoms with Crippen molar-refractivity contribution in [1.82, 2.24) is 0 Å². The third-order valence-corrected chi connectivity index (χ3v) is 13.0. The highest BCUT2D eigenvalue weighted by atomic mass is 16.4. The molecule has 0 bridgehead atoms. The average Bonchev–Trinajstić information content (AvgIpc) is 2.76. The number of allylic oxidation sites excluding steroid dienone is 2. The number of aliphatic hydroxyl groups is 2. The molecule has 0 heterocycles. The lowest BCUT2D eigenvalue weighted by Crippen LogP contribution is -2.67. The Balaban J connectivity index is 1.63. The van der Waals surface area contributed by atoms with Crippen molar-refractivity contribution in [3.63, 3.8) is 0 Å². The number of hydrogen-bond donors (Lipinski definition) is 3. The number of rotatable bonds is 2. The first-order chi connectivity index (χ1) is 16.1. The fourth-order valence-corrected chi connectivity index (χ4v) is 10.6. The van der Waals surface area contributed by atoms with E-state index in [4.69, 9.17) is 0 Å². The van der Waals surface area contributed by atoms with E-state index < -0.39 is 29.0 Å². The maximum atomic E-state index is 12.8. The van der Waals surface area contributed by atoms with Crippen LogP contribution in [-0.4, -0.2) is 39.8 Å². The molecular weight excluding hydrogens is 440 g/mol. The van der Waals surface area contributed by atoms with E-state index in [-0.39, 0.29) is 33.5 Å². The lowest BCUT2D eigenvalue weighted by Gasteiger charge is -2.71. The fraction of sp³-hybridized carbons (Fsp3) is 0.867. The van der Waals surface area contributed by atoms with Gasteiger partial charge >= 0.3 is 5.97 Å². The van der Waals surface area contributed by atoms with Gasteiger partial charge in [-0.1, -0.05) is 53.2 Å². The molecule has 0 aliphatic heterocycles. The summed E-state index contributed by atoms with van der Waals surface area (Å²) in [5.74, 6) is -0.517. The van der Waals surface area contributed by atoms with E-state index >= 15 is 0 Å². The molecule has 5 rings (SSSR count). The van der Waals surface area contributed by atoms with Crippen molar-refractivity contribution in [1.29, 1.82) is 0 Å². The van der Waals surface area contributed by atoms with Gasteiger partial charge in [0.15, 0.2) is 0 Å². The molecule has 0 aromatic carbocycles. The van der Waals surface area contributed by atoms with Gasteiger partial charge in [0.1, 0.15) is 11.7 Å². The Kier molecular flexibility index (Phi) is 5.40. The van der Waals surface area contributed by atoms with Gasteiger partial charge in [-0.25, -0.2) is 0 Å². The second-order valence-corrected chi connectivity index (χ2v) is 14.8. The van der Waals surface area contributed by atoms with Crippen LogP contribution in [-0.2, 0) is 9.59 Å². The van der Waals surface area contributed by atoms with Crippen molar-refractivity contribution >= 4 is 12.3 Å². The Morgan fingerprint density at radius 1 is 0.914 bits per heavy atom. The Morgan fingerprint density at radius 3 is 2.23 bits per heavy atom. The SMILES string of the molecule is CC1(C)CC[C@]2(C(=O)O)[C@H](C1)C1=CC[C@H]3[C@]4(C)CC[C@@H](O)[C@](C)(C=O)[C@H]4CC[C@]3(C)[C@@]1(C)C[C@@H]2O. The summed E-state index contributed by atoms with van der Waals surface area (Å²) < 4.78 is 0. The summed E-state index contributed by atoms with van der Waals surface area (Å²) in [7, 11) is 0. The summed E-state index contributed by atoms with van der Waals surface area (Å²) in [6.07, 6.45) is 8.83. The van der Waals surface area contributed by atoms with E-state index in [2.05, 4.69) is 40.7 Å². The minimum absolute atomic E-state index is 0.0507. The smallest absolute Gasteiger partial charge is 0.312 e. The van der Waals surface area contributed by atoms with Gasteiger partial charge in [-0.3, -0.25) is 4.79 Å². The molecule has 5 heteroatoms. The number of hydrogen-bond acceptors (Lipinski definition) is 4. The van der Waals surface area contributed by atoms with Crippen molar-refractivity contribution in [3.05, 3.63) is 11.6 Å². The summed E-state index contributed by atoms with van der Waals surface area (Å²) in [6, 6.07) is 0. The van der Waals surface area contributed by atoms with Crippen LogP contribution < -0.4 is 0 Å². The number of aldehydes is 1. The van der Waals surface area contributed by atoms with Crippen LogP contribution in [0.5, 0.6) is 0 Å². The zero-order valence-corrected chi connectivity index (χ0v) is 22.6. The maximum Gasteiger partial charge on any atom is 0.312 e. The van der Waals surface area contributed by atoms with Gasteiger partial charge in [0, 0.05) is 0 Å². The van der Waals surface area contributed by atoms with Gasteiger partial charge in [0.2, 0.25) is 0 Å². The van der Waals surface area contributed by atoms with Crippen molar-refractivity contribution < 1.29 is 24.9 Å². The predicted molar refractivity (Wildman–Crippen MR) is 134 cm³/mol. The predicted octanol–water partition coefficient (Wildman–Crippen LogP) is 5.38. The first-order valence-corrected chi connectivity index (χ1v) is 13.9. The number of carboxylic acids is 1. The quantitative estimate of drug-likeness (QED) is 0.360. The van der Waals surface area contributed by atoms with E-state index in [1.807, 2.05) is 6.92 Å². The molecule has 0 saturated heterocycles. The van der Waals surface area contributed by atoms with E-state index in [1.165, 1.54) is 5.57 Å². The summed E-state index contributed by atoms with van der Waals surface area (Å²) >= 11 is 0. The van der Waals surface area contributed by atoms with Crippen molar-refractivity contribution in [2.75, 3.05) is 0 Å². The molecule has 0 aromatic rings. The molecular formula is C30H46O5. The number of aliphatic hydroxyl groups excluding tert-OH is 2. The van der Waals surface area contributed by atoms with Crippen LogP contribution in [0.15, 0.2) is 11.6 Å². The Bertz CT molecular complexity index is 970. The molecule has 5 nitrogen and oxygen atoms in total. The Hall–Kier alpha value is -1.20. The molecule has 5 aliphatic carbocycles. The van der Waals surface area contributed by atoms with Crippen LogP contribution >= 0.6 is 0 Å². The molecule has 4 fully saturated rings. The standard InChI is InChI=1S/C30H46O5/c1-25(2)13-14-30(24(34)35)19(15-25)18-7-8-21-26(3)11-10-22(32)27(4,17-31)20(26)9-12-28(21,5)29(18,6)16-23(30)33/h7,17,19-23,32-33H,8-16H2,1-6H3,(H,34,35)/t19-,20+,21+,22-,23+,26-,27-,28+,29+,30+/m1/s1. The van der Waals surface area contributed by atoms with Crippen LogP contribution in [0.1, 0.15) is 99.3 Å². The number of fused-ring (bicyclic) bond motifs is 7. The van der Waals surface area contributed by atoms with Crippen molar-refractivity contribution in [2.24, 2.45) is 50.2 Å². The highest BCUT2D eigenvalue weighted by Gasteiger charge is 2.71. The lowest BCUT2D eigenvalue weighted by atomic mass is 9.33. The normalized spacial score (nSPS) is 54.9. The van der Waals surface area contributed by atoms with Gasteiger partial charge in [0.25, 0.3) is 0 Å². The summed E-state index contributed by atoms with van der Waals surface area (Å²) in [5, 5.41) is 33.0. The number of carbonyl (C=O) groups excluding carboxylic acids is 1. The fourth-order valence-electron chi connectivity index (χ4n) is 10.6. The van der Waals surface area contributed by atoms with Crippen LogP contribution in [0.4, 0.5) is 0 Å².